The smallest absolute Gasteiger partial charge is 0.269 e. The fraction of sp³-hybridized carbons (Fsp3) is 0. The highest BCUT2D eigenvalue weighted by Crippen LogP contribution is 2.23. The molecule has 0 spiro atoms. The second-order valence-electron chi connectivity index (χ2n) is 4.11. The lowest BCUT2D eigenvalue weighted by atomic mass is 10.2. The van der Waals surface area contributed by atoms with Gasteiger partial charge in [-0.3, -0.25) is 4.79 Å². The van der Waals surface area contributed by atoms with Crippen molar-refractivity contribution in [3.05, 3.63) is 50.8 Å². The number of primary amides is 1. The number of benzene rings is 1. The molecule has 0 fully saturated rings. The number of nitrogens with zero attached hydrogens (tertiary/aromatic N) is 3. The molecule has 2 heterocycles. The lowest BCUT2D eigenvalue weighted by Gasteiger charge is -2.03. The Morgan fingerprint density at radius 2 is 2.10 bits per heavy atom. The summed E-state index contributed by atoms with van der Waals surface area (Å²) in [6, 6.07) is 11.0. The molecule has 0 radical (unpaired) electrons. The van der Waals surface area contributed by atoms with Gasteiger partial charge in [-0.25, -0.2) is 9.67 Å². The maximum Gasteiger partial charge on any atom is 0.269 e. The summed E-state index contributed by atoms with van der Waals surface area (Å²) in [5.74, 6) is -0.594. The highest BCUT2D eigenvalue weighted by molar-refractivity contribution is 14.1. The van der Waals surface area contributed by atoms with Crippen molar-refractivity contribution < 1.29 is 4.79 Å². The second kappa shape index (κ2) is 5.02. The quantitative estimate of drug-likeness (QED) is 0.533. The van der Waals surface area contributed by atoms with Crippen molar-refractivity contribution >= 4 is 51.1 Å². The molecule has 0 aliphatic heterocycles. The number of nitrogens with two attached hydrogens (primary N) is 1. The molecular formula is C13H8ClIN4O. The summed E-state index contributed by atoms with van der Waals surface area (Å²) in [7, 11) is 0. The van der Waals surface area contributed by atoms with Gasteiger partial charge in [0.1, 0.15) is 5.15 Å². The predicted octanol–water partition coefficient (Wildman–Crippen LogP) is 2.78. The molecule has 5 nitrogen and oxygen atoms in total. The molecule has 0 unspecified atom stereocenters. The van der Waals surface area contributed by atoms with E-state index in [0.717, 1.165) is 9.26 Å². The zero-order chi connectivity index (χ0) is 14.3. The van der Waals surface area contributed by atoms with Crippen LogP contribution in [0.5, 0.6) is 0 Å². The van der Waals surface area contributed by atoms with Gasteiger partial charge in [0, 0.05) is 3.57 Å². The van der Waals surface area contributed by atoms with Gasteiger partial charge in [0.15, 0.2) is 11.3 Å². The van der Waals surface area contributed by atoms with Crippen LogP contribution >= 0.6 is 34.2 Å². The first-order chi connectivity index (χ1) is 9.56. The van der Waals surface area contributed by atoms with Crippen LogP contribution in [0.3, 0.4) is 0 Å². The van der Waals surface area contributed by atoms with E-state index in [9.17, 15) is 4.79 Å². The van der Waals surface area contributed by atoms with E-state index in [4.69, 9.17) is 17.3 Å². The summed E-state index contributed by atoms with van der Waals surface area (Å²) in [5, 5.41) is 5.18. The van der Waals surface area contributed by atoms with Gasteiger partial charge in [-0.1, -0.05) is 17.7 Å². The van der Waals surface area contributed by atoms with Crippen LogP contribution in [0, 0.1) is 3.57 Å². The predicted molar refractivity (Wildman–Crippen MR) is 85.1 cm³/mol. The molecule has 3 rings (SSSR count). The Bertz CT molecular complexity index is 830. The number of pyridine rings is 1. The van der Waals surface area contributed by atoms with Crippen LogP contribution in [0.25, 0.3) is 16.7 Å². The third-order valence-corrected chi connectivity index (χ3v) is 3.66. The molecule has 7 heteroatoms. The normalized spacial score (nSPS) is 10.9. The highest BCUT2D eigenvalue weighted by atomic mass is 127. The molecule has 0 atom stereocenters. The lowest BCUT2D eigenvalue weighted by Crippen LogP contribution is -2.12. The van der Waals surface area contributed by atoms with Gasteiger partial charge in [0.05, 0.1) is 11.1 Å². The number of amides is 1. The number of carbonyl (C=O) groups excluding carboxylic acids is 1. The summed E-state index contributed by atoms with van der Waals surface area (Å²) >= 11 is 8.13. The molecule has 1 aromatic carbocycles. The van der Waals surface area contributed by atoms with E-state index in [1.165, 1.54) is 0 Å². The molecule has 0 aliphatic rings. The molecular weight excluding hydrogens is 391 g/mol. The standard InChI is InChI=1S/C13H8ClIN4O/c14-10-5-4-9-11(12(16)20)18-19(13(9)17-10)8-3-1-2-7(15)6-8/h1-6H,(H2,16,20). The number of hydrogen-bond donors (Lipinski definition) is 1. The highest BCUT2D eigenvalue weighted by Gasteiger charge is 2.17. The SMILES string of the molecule is NC(=O)c1nn(-c2cccc(I)c2)c2nc(Cl)ccc12. The molecule has 0 saturated heterocycles. The number of halogens is 2. The Balaban J connectivity index is 2.35. The molecule has 1 amide bonds. The van der Waals surface area contributed by atoms with Gasteiger partial charge in [0.2, 0.25) is 0 Å². The largest absolute Gasteiger partial charge is 0.364 e. The Kier molecular flexibility index (Phi) is 3.35. The summed E-state index contributed by atoms with van der Waals surface area (Å²) in [6.07, 6.45) is 0. The zero-order valence-electron chi connectivity index (χ0n) is 10.0. The summed E-state index contributed by atoms with van der Waals surface area (Å²) < 4.78 is 2.62. The van der Waals surface area contributed by atoms with Gasteiger partial charge in [-0.05, 0) is 52.9 Å². The van der Waals surface area contributed by atoms with E-state index in [2.05, 4.69) is 32.7 Å². The van der Waals surface area contributed by atoms with Crippen molar-refractivity contribution in [2.45, 2.75) is 0 Å². The average Bonchev–Trinajstić information content (AvgIpc) is 2.77. The maximum atomic E-state index is 11.5. The van der Waals surface area contributed by atoms with Crippen molar-refractivity contribution in [1.29, 1.82) is 0 Å². The second-order valence-corrected chi connectivity index (χ2v) is 5.74. The van der Waals surface area contributed by atoms with E-state index in [1.54, 1.807) is 16.8 Å². The summed E-state index contributed by atoms with van der Waals surface area (Å²) in [6.45, 7) is 0. The molecule has 100 valence electrons. The van der Waals surface area contributed by atoms with Crippen LogP contribution < -0.4 is 5.73 Å². The minimum Gasteiger partial charge on any atom is -0.364 e. The average molecular weight is 399 g/mol. The summed E-state index contributed by atoms with van der Waals surface area (Å²) in [5.41, 5.74) is 6.85. The minimum atomic E-state index is -0.594. The number of aromatic nitrogens is 3. The maximum absolute atomic E-state index is 11.5. The summed E-state index contributed by atoms with van der Waals surface area (Å²) in [4.78, 5) is 15.7. The fourth-order valence-electron chi connectivity index (χ4n) is 1.94. The van der Waals surface area contributed by atoms with Crippen molar-refractivity contribution in [3.63, 3.8) is 0 Å². The molecule has 2 N–H and O–H groups in total. The topological polar surface area (TPSA) is 73.8 Å². The molecule has 0 aliphatic carbocycles. The number of carbonyl (C=O) groups is 1. The van der Waals surface area contributed by atoms with Crippen molar-refractivity contribution in [3.8, 4) is 5.69 Å². The monoisotopic (exact) mass is 398 g/mol. The number of hydrogen-bond acceptors (Lipinski definition) is 3. The van der Waals surface area contributed by atoms with Gasteiger partial charge >= 0.3 is 0 Å². The third-order valence-electron chi connectivity index (χ3n) is 2.78. The van der Waals surface area contributed by atoms with E-state index in [0.29, 0.717) is 16.2 Å². The first kappa shape index (κ1) is 13.3. The van der Waals surface area contributed by atoms with Crippen LogP contribution in [0.2, 0.25) is 5.15 Å². The van der Waals surface area contributed by atoms with Gasteiger partial charge in [0.25, 0.3) is 5.91 Å². The first-order valence-electron chi connectivity index (χ1n) is 5.67. The van der Waals surface area contributed by atoms with Gasteiger partial charge < -0.3 is 5.73 Å². The molecule has 0 saturated carbocycles. The molecule has 3 aromatic rings. The minimum absolute atomic E-state index is 0.183. The van der Waals surface area contributed by atoms with E-state index >= 15 is 0 Å². The van der Waals surface area contributed by atoms with Crippen LogP contribution in [0.1, 0.15) is 10.5 Å². The van der Waals surface area contributed by atoms with Crippen LogP contribution in [-0.2, 0) is 0 Å². The molecule has 20 heavy (non-hydrogen) atoms. The van der Waals surface area contributed by atoms with Gasteiger partial charge in [-0.2, -0.15) is 5.10 Å². The molecule has 0 bridgehead atoms. The first-order valence-corrected chi connectivity index (χ1v) is 7.13. The van der Waals surface area contributed by atoms with E-state index < -0.39 is 5.91 Å². The number of fused-ring (bicyclic) bond motifs is 1. The zero-order valence-corrected chi connectivity index (χ0v) is 13.0. The Labute approximate surface area is 132 Å². The van der Waals surface area contributed by atoms with Gasteiger partial charge in [-0.15, -0.1) is 0 Å². The van der Waals surface area contributed by atoms with Crippen molar-refractivity contribution in [1.82, 2.24) is 14.8 Å². The lowest BCUT2D eigenvalue weighted by molar-refractivity contribution is 0.0996. The third kappa shape index (κ3) is 2.25. The molecule has 2 aromatic heterocycles. The van der Waals surface area contributed by atoms with Crippen molar-refractivity contribution in [2.75, 3.05) is 0 Å². The number of rotatable bonds is 2. The van der Waals surface area contributed by atoms with E-state index in [1.807, 2.05) is 24.3 Å². The fourth-order valence-corrected chi connectivity index (χ4v) is 2.61. The van der Waals surface area contributed by atoms with Crippen LogP contribution in [0.4, 0.5) is 0 Å². The Hall–Kier alpha value is -1.67. The Morgan fingerprint density at radius 1 is 1.30 bits per heavy atom. The van der Waals surface area contributed by atoms with Crippen LogP contribution in [-0.4, -0.2) is 20.7 Å². The Morgan fingerprint density at radius 3 is 2.80 bits per heavy atom. The van der Waals surface area contributed by atoms with Crippen LogP contribution in [0.15, 0.2) is 36.4 Å². The van der Waals surface area contributed by atoms with E-state index in [-0.39, 0.29) is 5.69 Å². The van der Waals surface area contributed by atoms with Crippen molar-refractivity contribution in [2.24, 2.45) is 5.73 Å².